The molecule has 0 aliphatic rings. The van der Waals surface area contributed by atoms with Crippen molar-refractivity contribution in [2.75, 3.05) is 13.1 Å². The molecule has 0 unspecified atom stereocenters. The molecule has 0 saturated carbocycles. The zero-order chi connectivity index (χ0) is 20.3. The van der Waals surface area contributed by atoms with E-state index >= 15 is 0 Å². The summed E-state index contributed by atoms with van der Waals surface area (Å²) in [4.78, 5) is 22.5. The van der Waals surface area contributed by atoms with Gasteiger partial charge in [-0.15, -0.1) is 0 Å². The third-order valence-corrected chi connectivity index (χ3v) is 4.65. The van der Waals surface area contributed by atoms with Gasteiger partial charge < -0.3 is 9.30 Å². The first-order valence-electron chi connectivity index (χ1n) is 8.69. The molecule has 28 heavy (non-hydrogen) atoms. The van der Waals surface area contributed by atoms with E-state index in [-0.39, 0.29) is 23.0 Å². The quantitative estimate of drug-likeness (QED) is 0.616. The van der Waals surface area contributed by atoms with Crippen molar-refractivity contribution in [2.45, 2.75) is 25.9 Å². The van der Waals surface area contributed by atoms with E-state index in [0.29, 0.717) is 25.2 Å². The van der Waals surface area contributed by atoms with Crippen molar-refractivity contribution in [1.29, 1.82) is 0 Å². The first-order valence-corrected chi connectivity index (χ1v) is 9.06. The summed E-state index contributed by atoms with van der Waals surface area (Å²) in [6, 6.07) is 4.61. The van der Waals surface area contributed by atoms with Crippen LogP contribution < -0.4 is 0 Å². The lowest BCUT2D eigenvalue weighted by atomic mass is 10.2. The van der Waals surface area contributed by atoms with Crippen LogP contribution in [-0.4, -0.2) is 38.3 Å². The molecule has 0 aliphatic heterocycles. The summed E-state index contributed by atoms with van der Waals surface area (Å²) in [5, 5.41) is -0.112. The number of carbonyl (C=O) groups is 1. The van der Waals surface area contributed by atoms with Gasteiger partial charge in [-0.3, -0.25) is 9.78 Å². The number of fused-ring (bicyclic) bond motifs is 1. The highest BCUT2D eigenvalue weighted by Gasteiger charge is 2.32. The Labute approximate surface area is 164 Å². The molecule has 0 spiro atoms. The van der Waals surface area contributed by atoms with E-state index in [4.69, 9.17) is 11.6 Å². The second kappa shape index (κ2) is 8.18. The topological polar surface area (TPSA) is 50.5 Å². The first-order chi connectivity index (χ1) is 13.3. The molecule has 0 fully saturated rings. The van der Waals surface area contributed by atoms with Crippen molar-refractivity contribution in [1.82, 2.24) is 19.3 Å². The average molecular weight is 411 g/mol. The number of halogens is 4. The highest BCUT2D eigenvalue weighted by Crippen LogP contribution is 2.32. The van der Waals surface area contributed by atoms with E-state index in [1.165, 1.54) is 10.6 Å². The largest absolute Gasteiger partial charge is 0.417 e. The van der Waals surface area contributed by atoms with Crippen LogP contribution in [0, 0.1) is 0 Å². The van der Waals surface area contributed by atoms with Gasteiger partial charge >= 0.3 is 6.18 Å². The van der Waals surface area contributed by atoms with E-state index in [1.807, 2.05) is 19.1 Å². The number of alkyl halides is 3. The van der Waals surface area contributed by atoms with E-state index < -0.39 is 11.7 Å². The smallest absolute Gasteiger partial charge is 0.342 e. The standard InChI is InChI=1S/C19H18ClF3N4O/c1-2-26(8-5-13-3-6-24-7-4-13)17(28)10-15-12-27-11-14(19(21,22)23)9-16(20)18(27)25-15/h3-4,6-7,9,11-12H,2,5,8,10H2,1H3. The van der Waals surface area contributed by atoms with Gasteiger partial charge in [-0.1, -0.05) is 11.6 Å². The number of imidazole rings is 1. The third-order valence-electron chi connectivity index (χ3n) is 4.37. The summed E-state index contributed by atoms with van der Waals surface area (Å²) in [5.74, 6) is -0.146. The van der Waals surface area contributed by atoms with Crippen LogP contribution in [0.5, 0.6) is 0 Å². The summed E-state index contributed by atoms with van der Waals surface area (Å²) >= 11 is 5.94. The van der Waals surface area contributed by atoms with Crippen LogP contribution in [0.4, 0.5) is 13.2 Å². The van der Waals surface area contributed by atoms with Gasteiger partial charge in [-0.2, -0.15) is 13.2 Å². The van der Waals surface area contributed by atoms with Gasteiger partial charge in [-0.25, -0.2) is 4.98 Å². The van der Waals surface area contributed by atoms with Crippen LogP contribution in [0.25, 0.3) is 5.65 Å². The summed E-state index contributed by atoms with van der Waals surface area (Å²) in [6.45, 7) is 2.93. The molecule has 3 heterocycles. The van der Waals surface area contributed by atoms with Gasteiger partial charge in [0.05, 0.1) is 22.7 Å². The number of aromatic nitrogens is 3. The summed E-state index contributed by atoms with van der Waals surface area (Å²) in [7, 11) is 0. The zero-order valence-electron chi connectivity index (χ0n) is 15.1. The van der Waals surface area contributed by atoms with E-state index in [2.05, 4.69) is 9.97 Å². The Morgan fingerprint density at radius 1 is 1.25 bits per heavy atom. The minimum Gasteiger partial charge on any atom is -0.342 e. The molecule has 0 bridgehead atoms. The SMILES string of the molecule is CCN(CCc1ccncc1)C(=O)Cc1cn2cc(C(F)(F)F)cc(Cl)c2n1. The number of hydrogen-bond donors (Lipinski definition) is 0. The Morgan fingerprint density at radius 3 is 2.61 bits per heavy atom. The minimum atomic E-state index is -4.51. The number of carbonyl (C=O) groups excluding carboxylic acids is 1. The number of amides is 1. The fourth-order valence-corrected chi connectivity index (χ4v) is 3.14. The van der Waals surface area contributed by atoms with Gasteiger partial charge in [0.15, 0.2) is 5.65 Å². The monoisotopic (exact) mass is 410 g/mol. The molecule has 0 radical (unpaired) electrons. The second-order valence-corrected chi connectivity index (χ2v) is 6.70. The van der Waals surface area contributed by atoms with Crippen molar-refractivity contribution in [3.63, 3.8) is 0 Å². The maximum atomic E-state index is 12.9. The third kappa shape index (κ3) is 4.62. The van der Waals surface area contributed by atoms with Crippen molar-refractivity contribution in [3.05, 3.63) is 64.8 Å². The van der Waals surface area contributed by atoms with Crippen molar-refractivity contribution >= 4 is 23.2 Å². The van der Waals surface area contributed by atoms with Crippen LogP contribution in [0.2, 0.25) is 5.02 Å². The molecule has 0 saturated heterocycles. The fraction of sp³-hybridized carbons (Fsp3) is 0.316. The average Bonchev–Trinajstić information content (AvgIpc) is 3.05. The Balaban J connectivity index is 1.73. The Kier molecular flexibility index (Phi) is 5.88. The predicted octanol–water partition coefficient (Wildman–Crippen LogP) is 4.04. The molecule has 5 nitrogen and oxygen atoms in total. The number of hydrogen-bond acceptors (Lipinski definition) is 3. The van der Waals surface area contributed by atoms with Gasteiger partial charge in [0.25, 0.3) is 0 Å². The van der Waals surface area contributed by atoms with Crippen molar-refractivity contribution < 1.29 is 18.0 Å². The molecule has 9 heteroatoms. The molecular weight excluding hydrogens is 393 g/mol. The molecule has 148 valence electrons. The molecule has 0 N–H and O–H groups in total. The normalized spacial score (nSPS) is 11.8. The predicted molar refractivity (Wildman–Crippen MR) is 99.1 cm³/mol. The molecule has 3 aromatic heterocycles. The first kappa shape index (κ1) is 20.1. The highest BCUT2D eigenvalue weighted by molar-refractivity contribution is 6.33. The highest BCUT2D eigenvalue weighted by atomic mass is 35.5. The number of likely N-dealkylation sites (N-methyl/N-ethyl adjacent to an activating group) is 1. The summed E-state index contributed by atoms with van der Waals surface area (Å²) in [6.07, 6.45) is 1.89. The molecular formula is C19H18ClF3N4O. The zero-order valence-corrected chi connectivity index (χ0v) is 15.8. The van der Waals surface area contributed by atoms with E-state index in [9.17, 15) is 18.0 Å². The second-order valence-electron chi connectivity index (χ2n) is 6.29. The molecule has 0 aliphatic carbocycles. The van der Waals surface area contributed by atoms with E-state index in [1.54, 1.807) is 17.3 Å². The van der Waals surface area contributed by atoms with Crippen molar-refractivity contribution in [3.8, 4) is 0 Å². The molecule has 1 amide bonds. The lowest BCUT2D eigenvalue weighted by Gasteiger charge is -2.20. The van der Waals surface area contributed by atoms with Crippen LogP contribution in [0.3, 0.4) is 0 Å². The van der Waals surface area contributed by atoms with Crippen LogP contribution >= 0.6 is 11.6 Å². The number of pyridine rings is 2. The van der Waals surface area contributed by atoms with Gasteiger partial charge in [-0.05, 0) is 37.1 Å². The maximum Gasteiger partial charge on any atom is 0.417 e. The van der Waals surface area contributed by atoms with Crippen molar-refractivity contribution in [2.24, 2.45) is 0 Å². The maximum absolute atomic E-state index is 12.9. The van der Waals surface area contributed by atoms with Gasteiger partial charge in [0.1, 0.15) is 0 Å². The molecule has 0 atom stereocenters. The lowest BCUT2D eigenvalue weighted by Crippen LogP contribution is -2.34. The Bertz CT molecular complexity index is 972. The summed E-state index contributed by atoms with van der Waals surface area (Å²) < 4.78 is 40.0. The minimum absolute atomic E-state index is 0.0104. The molecule has 3 aromatic rings. The molecule has 3 rings (SSSR count). The van der Waals surface area contributed by atoms with Crippen LogP contribution in [0.15, 0.2) is 43.0 Å². The Morgan fingerprint density at radius 2 is 1.96 bits per heavy atom. The van der Waals surface area contributed by atoms with E-state index in [0.717, 1.165) is 17.8 Å². The summed E-state index contributed by atoms with van der Waals surface area (Å²) in [5.41, 5.74) is 0.763. The fourth-order valence-electron chi connectivity index (χ4n) is 2.89. The van der Waals surface area contributed by atoms with Crippen LogP contribution in [-0.2, 0) is 23.8 Å². The lowest BCUT2D eigenvalue weighted by molar-refractivity contribution is -0.138. The van der Waals surface area contributed by atoms with Crippen LogP contribution in [0.1, 0.15) is 23.7 Å². The number of rotatable bonds is 6. The molecule has 0 aromatic carbocycles. The van der Waals surface area contributed by atoms with Gasteiger partial charge in [0, 0.05) is 37.9 Å². The van der Waals surface area contributed by atoms with Gasteiger partial charge in [0.2, 0.25) is 5.91 Å². The Hall–Kier alpha value is -2.61. The number of nitrogens with zero attached hydrogens (tertiary/aromatic N) is 4.